The molecule has 1 aromatic rings. The second-order valence-electron chi connectivity index (χ2n) is 3.59. The van der Waals surface area contributed by atoms with E-state index in [1.54, 1.807) is 12.4 Å². The summed E-state index contributed by atoms with van der Waals surface area (Å²) in [6, 6.07) is 0. The monoisotopic (exact) mass is 180 g/mol. The fraction of sp³-hybridized carbons (Fsp3) is 0.600. The molecule has 13 heavy (non-hydrogen) atoms. The largest absolute Gasteiger partial charge is 0.390 e. The van der Waals surface area contributed by atoms with E-state index in [0.717, 1.165) is 18.5 Å². The number of nitrogens with zero attached hydrogens (tertiary/aromatic N) is 2. The maximum Gasteiger partial charge on any atom is 0.0868 e. The van der Waals surface area contributed by atoms with Crippen LogP contribution in [-0.2, 0) is 13.0 Å². The van der Waals surface area contributed by atoms with Crippen LogP contribution in [0.25, 0.3) is 0 Å². The molecule has 1 heterocycles. The fourth-order valence-corrected chi connectivity index (χ4v) is 1.03. The lowest BCUT2D eigenvalue weighted by atomic mass is 10.1. The molecular formula is C10H16N2O. The minimum Gasteiger partial charge on any atom is -0.390 e. The van der Waals surface area contributed by atoms with E-state index in [4.69, 9.17) is 5.11 Å². The van der Waals surface area contributed by atoms with Gasteiger partial charge in [-0.1, -0.05) is 13.8 Å². The van der Waals surface area contributed by atoms with Crippen LogP contribution < -0.4 is 0 Å². The number of hydrogen-bond acceptors (Lipinski definition) is 3. The molecule has 0 aromatic carbocycles. The van der Waals surface area contributed by atoms with Crippen molar-refractivity contribution in [2.24, 2.45) is 5.92 Å². The summed E-state index contributed by atoms with van der Waals surface area (Å²) in [7, 11) is 0. The van der Waals surface area contributed by atoms with Gasteiger partial charge in [-0.25, -0.2) is 0 Å². The van der Waals surface area contributed by atoms with E-state index >= 15 is 0 Å². The molecule has 0 saturated heterocycles. The molecule has 0 spiro atoms. The number of aryl methyl sites for hydroxylation is 1. The highest BCUT2D eigenvalue weighted by molar-refractivity contribution is 5.01. The lowest BCUT2D eigenvalue weighted by Crippen LogP contribution is -1.98. The van der Waals surface area contributed by atoms with Gasteiger partial charge in [-0.3, -0.25) is 9.97 Å². The van der Waals surface area contributed by atoms with Crippen molar-refractivity contribution >= 4 is 0 Å². The van der Waals surface area contributed by atoms with Crippen LogP contribution in [0.15, 0.2) is 12.4 Å². The van der Waals surface area contributed by atoms with Crippen molar-refractivity contribution in [1.82, 2.24) is 9.97 Å². The summed E-state index contributed by atoms with van der Waals surface area (Å²) in [6.45, 7) is 4.35. The van der Waals surface area contributed by atoms with Gasteiger partial charge in [0.05, 0.1) is 24.2 Å². The Hall–Kier alpha value is -0.960. The van der Waals surface area contributed by atoms with Gasteiger partial charge < -0.3 is 5.11 Å². The van der Waals surface area contributed by atoms with E-state index in [-0.39, 0.29) is 6.61 Å². The summed E-state index contributed by atoms with van der Waals surface area (Å²) < 4.78 is 0. The number of aliphatic hydroxyl groups is 1. The molecule has 0 bridgehead atoms. The molecule has 1 N–H and O–H groups in total. The highest BCUT2D eigenvalue weighted by Gasteiger charge is 1.99. The maximum atomic E-state index is 8.74. The first-order chi connectivity index (χ1) is 6.22. The molecule has 0 unspecified atom stereocenters. The number of hydrogen-bond donors (Lipinski definition) is 1. The average Bonchev–Trinajstić information content (AvgIpc) is 2.15. The second kappa shape index (κ2) is 4.92. The normalized spacial score (nSPS) is 10.8. The van der Waals surface area contributed by atoms with Crippen molar-refractivity contribution in [3.8, 4) is 0 Å². The Labute approximate surface area is 78.9 Å². The van der Waals surface area contributed by atoms with Crippen molar-refractivity contribution in [2.45, 2.75) is 33.3 Å². The van der Waals surface area contributed by atoms with Crippen LogP contribution in [0.2, 0.25) is 0 Å². The van der Waals surface area contributed by atoms with Crippen molar-refractivity contribution in [1.29, 1.82) is 0 Å². The van der Waals surface area contributed by atoms with Gasteiger partial charge in [0.1, 0.15) is 0 Å². The standard InChI is InChI=1S/C10H16N2O/c1-8(2)3-4-9-5-12-10(7-13)6-11-9/h5-6,8,13H,3-4,7H2,1-2H3. The van der Waals surface area contributed by atoms with E-state index in [0.29, 0.717) is 11.6 Å². The highest BCUT2D eigenvalue weighted by Crippen LogP contribution is 2.05. The third-order valence-electron chi connectivity index (χ3n) is 1.90. The van der Waals surface area contributed by atoms with Gasteiger partial charge in [0.2, 0.25) is 0 Å². The third-order valence-corrected chi connectivity index (χ3v) is 1.90. The minimum atomic E-state index is -0.0303. The zero-order chi connectivity index (χ0) is 9.68. The van der Waals surface area contributed by atoms with Crippen LogP contribution in [0.5, 0.6) is 0 Å². The van der Waals surface area contributed by atoms with Crippen molar-refractivity contribution in [3.63, 3.8) is 0 Å². The Morgan fingerprint density at radius 3 is 2.31 bits per heavy atom. The zero-order valence-electron chi connectivity index (χ0n) is 8.20. The zero-order valence-corrected chi connectivity index (χ0v) is 8.20. The first-order valence-electron chi connectivity index (χ1n) is 4.63. The van der Waals surface area contributed by atoms with Crippen LogP contribution in [0.4, 0.5) is 0 Å². The van der Waals surface area contributed by atoms with E-state index < -0.39 is 0 Å². The Morgan fingerprint density at radius 1 is 1.23 bits per heavy atom. The molecule has 3 nitrogen and oxygen atoms in total. The molecule has 0 aliphatic rings. The van der Waals surface area contributed by atoms with Gasteiger partial charge >= 0.3 is 0 Å². The predicted octanol–water partition coefficient (Wildman–Crippen LogP) is 1.56. The summed E-state index contributed by atoms with van der Waals surface area (Å²) in [5.74, 6) is 0.694. The van der Waals surface area contributed by atoms with Crippen LogP contribution in [0, 0.1) is 5.92 Å². The molecule has 0 fully saturated rings. The molecule has 72 valence electrons. The average molecular weight is 180 g/mol. The molecule has 3 heteroatoms. The van der Waals surface area contributed by atoms with E-state index in [9.17, 15) is 0 Å². The van der Waals surface area contributed by atoms with Crippen molar-refractivity contribution < 1.29 is 5.11 Å². The van der Waals surface area contributed by atoms with Gasteiger partial charge in [-0.2, -0.15) is 0 Å². The molecule has 0 radical (unpaired) electrons. The number of aromatic nitrogens is 2. The molecule has 1 aromatic heterocycles. The van der Waals surface area contributed by atoms with Gasteiger partial charge in [0.15, 0.2) is 0 Å². The van der Waals surface area contributed by atoms with Crippen molar-refractivity contribution in [3.05, 3.63) is 23.8 Å². The first kappa shape index (κ1) is 10.1. The van der Waals surface area contributed by atoms with Crippen LogP contribution in [-0.4, -0.2) is 15.1 Å². The van der Waals surface area contributed by atoms with Gasteiger partial charge in [0.25, 0.3) is 0 Å². The topological polar surface area (TPSA) is 46.0 Å². The fourth-order valence-electron chi connectivity index (χ4n) is 1.03. The molecule has 0 saturated carbocycles. The SMILES string of the molecule is CC(C)CCc1cnc(CO)cn1. The van der Waals surface area contributed by atoms with E-state index in [1.807, 2.05) is 0 Å². The quantitative estimate of drug-likeness (QED) is 0.764. The smallest absolute Gasteiger partial charge is 0.0868 e. The molecular weight excluding hydrogens is 164 g/mol. The van der Waals surface area contributed by atoms with Crippen LogP contribution in [0.3, 0.4) is 0 Å². The highest BCUT2D eigenvalue weighted by atomic mass is 16.3. The van der Waals surface area contributed by atoms with Gasteiger partial charge in [-0.15, -0.1) is 0 Å². The summed E-state index contributed by atoms with van der Waals surface area (Å²) in [5, 5.41) is 8.74. The minimum absolute atomic E-state index is 0.0303. The lowest BCUT2D eigenvalue weighted by molar-refractivity contribution is 0.276. The Kier molecular flexibility index (Phi) is 3.83. The number of aliphatic hydroxyl groups excluding tert-OH is 1. The van der Waals surface area contributed by atoms with Crippen LogP contribution >= 0.6 is 0 Å². The molecule has 0 aliphatic carbocycles. The Morgan fingerprint density at radius 2 is 1.85 bits per heavy atom. The first-order valence-corrected chi connectivity index (χ1v) is 4.63. The molecule has 0 aliphatic heterocycles. The molecule has 1 rings (SSSR count). The Balaban J connectivity index is 2.49. The summed E-state index contributed by atoms with van der Waals surface area (Å²) in [6.07, 6.45) is 5.48. The molecule has 0 atom stereocenters. The number of rotatable bonds is 4. The lowest BCUT2D eigenvalue weighted by Gasteiger charge is -2.03. The van der Waals surface area contributed by atoms with Crippen molar-refractivity contribution in [2.75, 3.05) is 0 Å². The van der Waals surface area contributed by atoms with Crippen LogP contribution in [0.1, 0.15) is 31.7 Å². The summed E-state index contributed by atoms with van der Waals surface area (Å²) >= 11 is 0. The van der Waals surface area contributed by atoms with E-state index in [2.05, 4.69) is 23.8 Å². The summed E-state index contributed by atoms with van der Waals surface area (Å²) in [4.78, 5) is 8.26. The Bertz CT molecular complexity index is 244. The third kappa shape index (κ3) is 3.51. The maximum absolute atomic E-state index is 8.74. The predicted molar refractivity (Wildman–Crippen MR) is 51.1 cm³/mol. The van der Waals surface area contributed by atoms with E-state index in [1.165, 1.54) is 0 Å². The summed E-state index contributed by atoms with van der Waals surface area (Å²) in [5.41, 5.74) is 1.64. The molecule has 0 amide bonds. The van der Waals surface area contributed by atoms with Gasteiger partial charge in [-0.05, 0) is 18.8 Å². The second-order valence-corrected chi connectivity index (χ2v) is 3.59. The van der Waals surface area contributed by atoms with Gasteiger partial charge in [0, 0.05) is 6.20 Å².